The monoisotopic (exact) mass is 267 g/mol. The van der Waals surface area contributed by atoms with Crippen LogP contribution in [0.5, 0.6) is 0 Å². The van der Waals surface area contributed by atoms with E-state index < -0.39 is 0 Å². The van der Waals surface area contributed by atoms with Gasteiger partial charge in [0.1, 0.15) is 5.01 Å². The van der Waals surface area contributed by atoms with E-state index in [0.717, 1.165) is 17.2 Å². The molecular formula is C12H17N3S2. The van der Waals surface area contributed by atoms with Gasteiger partial charge in [-0.3, -0.25) is 4.90 Å². The zero-order chi connectivity index (χ0) is 12.3. The molecule has 0 aliphatic rings. The van der Waals surface area contributed by atoms with Crippen LogP contribution in [-0.4, -0.2) is 16.9 Å². The fourth-order valence-electron chi connectivity index (χ4n) is 1.65. The normalized spacial score (nSPS) is 13.2. The minimum atomic E-state index is 0.429. The lowest BCUT2D eigenvalue weighted by Crippen LogP contribution is -2.21. The number of aromatic nitrogens is 1. The van der Waals surface area contributed by atoms with Gasteiger partial charge in [-0.15, -0.1) is 22.7 Å². The first-order valence-electron chi connectivity index (χ1n) is 5.57. The molecule has 0 saturated carbocycles. The lowest BCUT2D eigenvalue weighted by Gasteiger charge is -2.22. The highest BCUT2D eigenvalue weighted by molar-refractivity contribution is 7.10. The SMILES string of the molecule is CC(c1cccs1)N(C)Cc1csc(CN)n1. The van der Waals surface area contributed by atoms with Crippen LogP contribution < -0.4 is 5.73 Å². The molecule has 0 fully saturated rings. The van der Waals surface area contributed by atoms with Gasteiger partial charge in [-0.05, 0) is 25.4 Å². The molecule has 2 heterocycles. The first-order chi connectivity index (χ1) is 8.20. The van der Waals surface area contributed by atoms with Crippen LogP contribution in [0.3, 0.4) is 0 Å². The molecule has 1 unspecified atom stereocenters. The smallest absolute Gasteiger partial charge is 0.106 e. The van der Waals surface area contributed by atoms with Gasteiger partial charge in [0, 0.05) is 29.4 Å². The third-order valence-corrected chi connectivity index (χ3v) is 4.76. The zero-order valence-corrected chi connectivity index (χ0v) is 11.7. The predicted molar refractivity (Wildman–Crippen MR) is 74.2 cm³/mol. The summed E-state index contributed by atoms with van der Waals surface area (Å²) in [4.78, 5) is 8.18. The van der Waals surface area contributed by atoms with Crippen molar-refractivity contribution in [1.29, 1.82) is 0 Å². The summed E-state index contributed by atoms with van der Waals surface area (Å²) >= 11 is 3.44. The van der Waals surface area contributed by atoms with E-state index in [1.54, 1.807) is 22.7 Å². The van der Waals surface area contributed by atoms with E-state index in [2.05, 4.69) is 46.7 Å². The van der Waals surface area contributed by atoms with E-state index in [0.29, 0.717) is 12.6 Å². The quantitative estimate of drug-likeness (QED) is 0.906. The molecule has 2 aromatic rings. The van der Waals surface area contributed by atoms with Gasteiger partial charge in [0.05, 0.1) is 5.69 Å². The van der Waals surface area contributed by atoms with Gasteiger partial charge < -0.3 is 5.73 Å². The summed E-state index contributed by atoms with van der Waals surface area (Å²) in [7, 11) is 2.13. The molecule has 3 nitrogen and oxygen atoms in total. The Kier molecular flexibility index (Phi) is 4.28. The van der Waals surface area contributed by atoms with E-state index in [1.807, 2.05) is 0 Å². The molecule has 0 amide bonds. The number of nitrogens with zero attached hydrogens (tertiary/aromatic N) is 2. The van der Waals surface area contributed by atoms with Crippen molar-refractivity contribution in [1.82, 2.24) is 9.88 Å². The van der Waals surface area contributed by atoms with Crippen molar-refractivity contribution in [3.63, 3.8) is 0 Å². The minimum absolute atomic E-state index is 0.429. The molecule has 0 saturated heterocycles. The molecule has 17 heavy (non-hydrogen) atoms. The minimum Gasteiger partial charge on any atom is -0.325 e. The molecule has 2 aromatic heterocycles. The van der Waals surface area contributed by atoms with Gasteiger partial charge in [0.25, 0.3) is 0 Å². The van der Waals surface area contributed by atoms with Gasteiger partial charge in [-0.25, -0.2) is 4.98 Å². The molecule has 0 aliphatic heterocycles. The second-order valence-corrected chi connectivity index (χ2v) is 5.97. The van der Waals surface area contributed by atoms with Gasteiger partial charge in [0.2, 0.25) is 0 Å². The first-order valence-corrected chi connectivity index (χ1v) is 7.33. The summed E-state index contributed by atoms with van der Waals surface area (Å²) in [6.45, 7) is 3.63. The fraction of sp³-hybridized carbons (Fsp3) is 0.417. The third-order valence-electron chi connectivity index (χ3n) is 2.80. The van der Waals surface area contributed by atoms with Gasteiger partial charge >= 0.3 is 0 Å². The highest BCUT2D eigenvalue weighted by atomic mass is 32.1. The summed E-state index contributed by atoms with van der Waals surface area (Å²) in [6.07, 6.45) is 0. The Hall–Kier alpha value is -0.750. The standard InChI is InChI=1S/C12H17N3S2/c1-9(11-4-3-5-16-11)15(2)7-10-8-17-12(6-13)14-10/h3-5,8-9H,6-7,13H2,1-2H3. The Morgan fingerprint density at radius 2 is 2.29 bits per heavy atom. The highest BCUT2D eigenvalue weighted by Crippen LogP contribution is 2.24. The van der Waals surface area contributed by atoms with Crippen molar-refractivity contribution < 1.29 is 0 Å². The molecule has 92 valence electrons. The number of hydrogen-bond donors (Lipinski definition) is 1. The maximum absolute atomic E-state index is 5.57. The van der Waals surface area contributed by atoms with Crippen LogP contribution in [-0.2, 0) is 13.1 Å². The Labute approximate surface area is 110 Å². The van der Waals surface area contributed by atoms with Crippen molar-refractivity contribution >= 4 is 22.7 Å². The largest absolute Gasteiger partial charge is 0.325 e. The number of thiazole rings is 1. The van der Waals surface area contributed by atoms with E-state index in [1.165, 1.54) is 4.88 Å². The van der Waals surface area contributed by atoms with Crippen molar-refractivity contribution in [2.45, 2.75) is 26.1 Å². The molecule has 0 aliphatic carbocycles. The fourth-order valence-corrected chi connectivity index (χ4v) is 3.17. The van der Waals surface area contributed by atoms with Gasteiger partial charge in [-0.2, -0.15) is 0 Å². The van der Waals surface area contributed by atoms with E-state index in [9.17, 15) is 0 Å². The molecule has 5 heteroatoms. The van der Waals surface area contributed by atoms with Crippen molar-refractivity contribution in [3.05, 3.63) is 38.5 Å². The van der Waals surface area contributed by atoms with Crippen LogP contribution in [0.2, 0.25) is 0 Å². The van der Waals surface area contributed by atoms with E-state index in [-0.39, 0.29) is 0 Å². The van der Waals surface area contributed by atoms with Gasteiger partial charge in [-0.1, -0.05) is 6.07 Å². The molecule has 2 N–H and O–H groups in total. The van der Waals surface area contributed by atoms with Crippen molar-refractivity contribution in [2.75, 3.05) is 7.05 Å². The third kappa shape index (κ3) is 3.13. The molecule has 0 spiro atoms. The van der Waals surface area contributed by atoms with Crippen LogP contribution in [0.15, 0.2) is 22.9 Å². The Bertz CT molecular complexity index is 450. The summed E-state index contributed by atoms with van der Waals surface area (Å²) in [6, 6.07) is 4.70. The van der Waals surface area contributed by atoms with Crippen LogP contribution >= 0.6 is 22.7 Å². The van der Waals surface area contributed by atoms with Crippen molar-refractivity contribution in [3.8, 4) is 0 Å². The maximum Gasteiger partial charge on any atom is 0.106 e. The topological polar surface area (TPSA) is 42.1 Å². The average Bonchev–Trinajstić information content (AvgIpc) is 2.98. The lowest BCUT2D eigenvalue weighted by atomic mass is 10.2. The van der Waals surface area contributed by atoms with Crippen LogP contribution in [0, 0.1) is 0 Å². The maximum atomic E-state index is 5.57. The average molecular weight is 267 g/mol. The van der Waals surface area contributed by atoms with Crippen LogP contribution in [0.25, 0.3) is 0 Å². The Balaban J connectivity index is 1.99. The van der Waals surface area contributed by atoms with Crippen LogP contribution in [0.1, 0.15) is 28.5 Å². The number of thiophene rings is 1. The molecule has 1 atom stereocenters. The van der Waals surface area contributed by atoms with Gasteiger partial charge in [0.15, 0.2) is 0 Å². The molecule has 0 bridgehead atoms. The second kappa shape index (κ2) is 5.73. The van der Waals surface area contributed by atoms with E-state index in [4.69, 9.17) is 5.73 Å². The Morgan fingerprint density at radius 3 is 2.88 bits per heavy atom. The van der Waals surface area contributed by atoms with Crippen molar-refractivity contribution in [2.24, 2.45) is 5.73 Å². The molecule has 0 radical (unpaired) electrons. The Morgan fingerprint density at radius 1 is 1.47 bits per heavy atom. The summed E-state index contributed by atoms with van der Waals surface area (Å²) in [5.41, 5.74) is 6.68. The zero-order valence-electron chi connectivity index (χ0n) is 10.1. The first kappa shape index (κ1) is 12.7. The number of nitrogens with two attached hydrogens (primary N) is 1. The summed E-state index contributed by atoms with van der Waals surface area (Å²) in [5.74, 6) is 0. The molecular weight excluding hydrogens is 250 g/mol. The predicted octanol–water partition coefficient (Wildman–Crippen LogP) is 2.86. The molecule has 0 aromatic carbocycles. The molecule has 2 rings (SSSR count). The number of hydrogen-bond acceptors (Lipinski definition) is 5. The highest BCUT2D eigenvalue weighted by Gasteiger charge is 2.13. The lowest BCUT2D eigenvalue weighted by molar-refractivity contribution is 0.254. The van der Waals surface area contributed by atoms with Crippen LogP contribution in [0.4, 0.5) is 0 Å². The van der Waals surface area contributed by atoms with E-state index >= 15 is 0 Å². The summed E-state index contributed by atoms with van der Waals surface area (Å²) in [5, 5.41) is 5.23. The number of rotatable bonds is 5. The second-order valence-electron chi connectivity index (χ2n) is 4.04. The summed E-state index contributed by atoms with van der Waals surface area (Å²) < 4.78 is 0.